The number of carbonyl (C=O) groups excluding carboxylic acids is 3. The number of esters is 1. The largest absolute Gasteiger partial charge is 0.466 e. The Bertz CT molecular complexity index is 746. The molecule has 1 aromatic heterocycles. The second-order valence-electron chi connectivity index (χ2n) is 5.44. The zero-order chi connectivity index (χ0) is 18.8. The van der Waals surface area contributed by atoms with Crippen molar-refractivity contribution in [2.24, 2.45) is 0 Å². The van der Waals surface area contributed by atoms with Crippen molar-refractivity contribution in [2.75, 3.05) is 18.5 Å². The van der Waals surface area contributed by atoms with E-state index >= 15 is 0 Å². The lowest BCUT2D eigenvalue weighted by atomic mass is 10.1. The van der Waals surface area contributed by atoms with Gasteiger partial charge >= 0.3 is 5.97 Å². The summed E-state index contributed by atoms with van der Waals surface area (Å²) in [5.41, 5.74) is 1.48. The van der Waals surface area contributed by atoms with Gasteiger partial charge in [-0.15, -0.1) is 11.3 Å². The number of nitrogens with zero attached hydrogens (tertiary/aromatic N) is 1. The summed E-state index contributed by atoms with van der Waals surface area (Å²) in [6.07, 6.45) is 0.509. The number of nitrogens with one attached hydrogen (secondary N) is 2. The highest BCUT2D eigenvalue weighted by Crippen LogP contribution is 2.16. The fraction of sp³-hybridized carbons (Fsp3) is 0.333. The fourth-order valence-electron chi connectivity index (χ4n) is 2.15. The van der Waals surface area contributed by atoms with E-state index in [0.29, 0.717) is 17.4 Å². The Balaban J connectivity index is 1.68. The van der Waals surface area contributed by atoms with Crippen LogP contribution in [-0.4, -0.2) is 35.9 Å². The Kier molecular flexibility index (Phi) is 7.75. The molecule has 2 N–H and O–H groups in total. The monoisotopic (exact) mass is 375 g/mol. The molecule has 0 aliphatic carbocycles. The molecule has 7 nitrogen and oxygen atoms in total. The number of carbonyl (C=O) groups is 3. The lowest BCUT2D eigenvalue weighted by Crippen LogP contribution is -2.28. The number of hydrogen-bond acceptors (Lipinski definition) is 6. The Morgan fingerprint density at radius 3 is 2.62 bits per heavy atom. The quantitative estimate of drug-likeness (QED) is 0.653. The SMILES string of the molecule is CCOC(=O)Cc1csc(NC(=O)CCNC(=O)Cc2ccccc2)n1. The van der Waals surface area contributed by atoms with Crippen molar-refractivity contribution in [3.8, 4) is 0 Å². The first-order valence-corrected chi connectivity index (χ1v) is 9.15. The molecule has 0 spiro atoms. The van der Waals surface area contributed by atoms with Gasteiger partial charge in [-0.2, -0.15) is 0 Å². The number of amides is 2. The van der Waals surface area contributed by atoms with Crippen LogP contribution in [0.2, 0.25) is 0 Å². The number of hydrogen-bond donors (Lipinski definition) is 2. The van der Waals surface area contributed by atoms with Gasteiger partial charge in [0.25, 0.3) is 0 Å². The van der Waals surface area contributed by atoms with E-state index in [1.807, 2.05) is 30.3 Å². The summed E-state index contributed by atoms with van der Waals surface area (Å²) in [6.45, 7) is 2.31. The van der Waals surface area contributed by atoms with Crippen molar-refractivity contribution in [1.29, 1.82) is 0 Å². The molecule has 2 aromatic rings. The first kappa shape index (κ1) is 19.6. The van der Waals surface area contributed by atoms with Crippen LogP contribution in [0.1, 0.15) is 24.6 Å². The van der Waals surface area contributed by atoms with Crippen molar-refractivity contribution >= 4 is 34.3 Å². The third-order valence-corrected chi connectivity index (χ3v) is 4.12. The van der Waals surface area contributed by atoms with Crippen molar-refractivity contribution in [3.63, 3.8) is 0 Å². The summed E-state index contributed by atoms with van der Waals surface area (Å²) < 4.78 is 4.85. The van der Waals surface area contributed by atoms with E-state index < -0.39 is 0 Å². The highest BCUT2D eigenvalue weighted by atomic mass is 32.1. The van der Waals surface area contributed by atoms with E-state index in [9.17, 15) is 14.4 Å². The summed E-state index contributed by atoms with van der Waals surface area (Å²) in [6, 6.07) is 9.40. The molecule has 26 heavy (non-hydrogen) atoms. The Hall–Kier alpha value is -2.74. The van der Waals surface area contributed by atoms with E-state index in [0.717, 1.165) is 5.56 Å². The number of aromatic nitrogens is 1. The summed E-state index contributed by atoms with van der Waals surface area (Å²) in [4.78, 5) is 39.3. The smallest absolute Gasteiger partial charge is 0.311 e. The van der Waals surface area contributed by atoms with Crippen LogP contribution in [0.4, 0.5) is 5.13 Å². The molecule has 1 heterocycles. The van der Waals surface area contributed by atoms with Crippen molar-refractivity contribution in [3.05, 3.63) is 47.0 Å². The molecule has 2 rings (SSSR count). The fourth-order valence-corrected chi connectivity index (χ4v) is 2.87. The van der Waals surface area contributed by atoms with E-state index in [1.54, 1.807) is 12.3 Å². The zero-order valence-electron chi connectivity index (χ0n) is 14.5. The van der Waals surface area contributed by atoms with Gasteiger partial charge in [-0.1, -0.05) is 30.3 Å². The average Bonchev–Trinajstić information content (AvgIpc) is 3.02. The topological polar surface area (TPSA) is 97.4 Å². The maximum absolute atomic E-state index is 11.9. The molecule has 2 amide bonds. The minimum atomic E-state index is -0.350. The molecule has 0 aliphatic heterocycles. The van der Waals surface area contributed by atoms with Gasteiger partial charge in [0, 0.05) is 18.3 Å². The molecule has 0 saturated carbocycles. The molecule has 0 fully saturated rings. The molecule has 0 bridgehead atoms. The van der Waals surface area contributed by atoms with Crippen molar-refractivity contribution in [1.82, 2.24) is 10.3 Å². The molecule has 0 atom stereocenters. The summed E-state index contributed by atoms with van der Waals surface area (Å²) >= 11 is 1.24. The number of benzene rings is 1. The van der Waals surface area contributed by atoms with Gasteiger partial charge in [-0.3, -0.25) is 14.4 Å². The number of ether oxygens (including phenoxy) is 1. The first-order chi connectivity index (χ1) is 12.6. The summed E-state index contributed by atoms with van der Waals surface area (Å²) in [5, 5.41) is 7.50. The first-order valence-electron chi connectivity index (χ1n) is 8.27. The molecule has 138 valence electrons. The highest BCUT2D eigenvalue weighted by molar-refractivity contribution is 7.13. The van der Waals surface area contributed by atoms with Gasteiger partial charge < -0.3 is 15.4 Å². The van der Waals surface area contributed by atoms with Crippen LogP contribution in [-0.2, 0) is 32.0 Å². The van der Waals surface area contributed by atoms with Gasteiger partial charge in [0.15, 0.2) is 5.13 Å². The molecular formula is C18H21N3O4S. The van der Waals surface area contributed by atoms with E-state index in [4.69, 9.17) is 4.74 Å². The lowest BCUT2D eigenvalue weighted by molar-refractivity contribution is -0.142. The normalized spacial score (nSPS) is 10.2. The minimum Gasteiger partial charge on any atom is -0.466 e. The maximum atomic E-state index is 11.9. The van der Waals surface area contributed by atoms with Gasteiger partial charge in [0.1, 0.15) is 0 Å². The lowest BCUT2D eigenvalue weighted by Gasteiger charge is -2.05. The summed E-state index contributed by atoms with van der Waals surface area (Å²) in [7, 11) is 0. The van der Waals surface area contributed by atoms with Crippen LogP contribution in [0.3, 0.4) is 0 Å². The predicted octanol–water partition coefficient (Wildman–Crippen LogP) is 1.94. The second kappa shape index (κ2) is 10.3. The van der Waals surface area contributed by atoms with Gasteiger partial charge in [-0.05, 0) is 12.5 Å². The number of rotatable bonds is 9. The summed E-state index contributed by atoms with van der Waals surface area (Å²) in [5.74, 6) is -0.728. The Morgan fingerprint density at radius 1 is 1.12 bits per heavy atom. The second-order valence-corrected chi connectivity index (χ2v) is 6.29. The average molecular weight is 375 g/mol. The minimum absolute atomic E-state index is 0.0791. The molecule has 0 radical (unpaired) electrons. The van der Waals surface area contributed by atoms with Gasteiger partial charge in [0.05, 0.1) is 25.1 Å². The highest BCUT2D eigenvalue weighted by Gasteiger charge is 2.11. The van der Waals surface area contributed by atoms with Crippen LogP contribution in [0.25, 0.3) is 0 Å². The van der Waals surface area contributed by atoms with E-state index in [1.165, 1.54) is 11.3 Å². The van der Waals surface area contributed by atoms with Crippen LogP contribution in [0.15, 0.2) is 35.7 Å². The van der Waals surface area contributed by atoms with Gasteiger partial charge in [-0.25, -0.2) is 4.98 Å². The van der Waals surface area contributed by atoms with E-state index in [2.05, 4.69) is 15.6 Å². The Labute approximate surface area is 155 Å². The molecule has 8 heteroatoms. The molecule has 0 saturated heterocycles. The number of thiazole rings is 1. The molecule has 0 unspecified atom stereocenters. The van der Waals surface area contributed by atoms with Crippen LogP contribution >= 0.6 is 11.3 Å². The molecule has 1 aromatic carbocycles. The molecule has 0 aliphatic rings. The maximum Gasteiger partial charge on any atom is 0.311 e. The zero-order valence-corrected chi connectivity index (χ0v) is 15.3. The van der Waals surface area contributed by atoms with Crippen LogP contribution in [0.5, 0.6) is 0 Å². The standard InChI is InChI=1S/C18H21N3O4S/c1-2-25-17(24)11-14-12-26-18(20-14)21-15(22)8-9-19-16(23)10-13-6-4-3-5-7-13/h3-7,12H,2,8-11H2,1H3,(H,19,23)(H,20,21,22). The number of anilines is 1. The van der Waals surface area contributed by atoms with Crippen molar-refractivity contribution < 1.29 is 19.1 Å². The third-order valence-electron chi connectivity index (χ3n) is 3.31. The predicted molar refractivity (Wildman–Crippen MR) is 98.9 cm³/mol. The molecular weight excluding hydrogens is 354 g/mol. The van der Waals surface area contributed by atoms with Crippen LogP contribution in [0, 0.1) is 0 Å². The van der Waals surface area contributed by atoms with Crippen molar-refractivity contribution in [2.45, 2.75) is 26.2 Å². The van der Waals surface area contributed by atoms with Gasteiger partial charge in [0.2, 0.25) is 11.8 Å². The Morgan fingerprint density at radius 2 is 1.88 bits per heavy atom. The third kappa shape index (κ3) is 7.02. The van der Waals surface area contributed by atoms with E-state index in [-0.39, 0.29) is 43.6 Å². The van der Waals surface area contributed by atoms with Crippen LogP contribution < -0.4 is 10.6 Å².